The lowest BCUT2D eigenvalue weighted by atomic mass is 9.88. The van der Waals surface area contributed by atoms with Crippen molar-refractivity contribution in [3.8, 4) is 0 Å². The third kappa shape index (κ3) is 2.66. The molecule has 1 rings (SSSR count). The molecule has 1 aliphatic rings. The number of carboxylic acids is 2. The van der Waals surface area contributed by atoms with Gasteiger partial charge in [-0.25, -0.2) is 4.79 Å². The Morgan fingerprint density at radius 1 is 1.33 bits per heavy atom. The Hall–Kier alpha value is -1.14. The molecule has 86 valence electrons. The summed E-state index contributed by atoms with van der Waals surface area (Å²) in [5.41, 5.74) is -2.31. The van der Waals surface area contributed by atoms with E-state index in [9.17, 15) is 14.7 Å². The van der Waals surface area contributed by atoms with E-state index in [0.717, 1.165) is 12.8 Å². The van der Waals surface area contributed by atoms with Crippen molar-refractivity contribution < 1.29 is 29.6 Å². The third-order valence-corrected chi connectivity index (χ3v) is 2.50. The van der Waals surface area contributed by atoms with Crippen molar-refractivity contribution in [3.05, 3.63) is 0 Å². The number of hydrogen-bond acceptors (Lipinski definition) is 4. The molecule has 0 spiro atoms. The molecule has 3 N–H and O–H groups in total. The van der Waals surface area contributed by atoms with Crippen LogP contribution in [0, 0.1) is 0 Å². The summed E-state index contributed by atoms with van der Waals surface area (Å²) in [5.74, 6) is -2.90. The summed E-state index contributed by atoms with van der Waals surface area (Å²) in [6.45, 7) is 0.361. The fourth-order valence-electron chi connectivity index (χ4n) is 1.68. The number of carboxylic acid groups (broad SMARTS) is 2. The van der Waals surface area contributed by atoms with Crippen LogP contribution in [0.5, 0.6) is 0 Å². The van der Waals surface area contributed by atoms with Crippen LogP contribution in [0.2, 0.25) is 0 Å². The Labute approximate surface area is 86.5 Å². The molecule has 2 atom stereocenters. The number of carbonyl (C=O) groups is 2. The molecular weight excluding hydrogens is 204 g/mol. The van der Waals surface area contributed by atoms with Crippen LogP contribution >= 0.6 is 0 Å². The van der Waals surface area contributed by atoms with Gasteiger partial charge < -0.3 is 20.1 Å². The van der Waals surface area contributed by atoms with Crippen molar-refractivity contribution in [2.24, 2.45) is 0 Å². The minimum absolute atomic E-state index is 0.361. The second-order valence-corrected chi connectivity index (χ2v) is 3.66. The van der Waals surface area contributed by atoms with Crippen molar-refractivity contribution in [2.45, 2.75) is 37.4 Å². The molecule has 1 saturated heterocycles. The molecule has 1 fully saturated rings. The zero-order valence-corrected chi connectivity index (χ0v) is 8.18. The average Bonchev–Trinajstić information content (AvgIpc) is 2.17. The van der Waals surface area contributed by atoms with Gasteiger partial charge in [0.1, 0.15) is 0 Å². The second kappa shape index (κ2) is 4.59. The first-order chi connectivity index (χ1) is 6.97. The smallest absolute Gasteiger partial charge is 0.339 e. The van der Waals surface area contributed by atoms with E-state index < -0.39 is 30.1 Å². The van der Waals surface area contributed by atoms with Crippen LogP contribution in [0.25, 0.3) is 0 Å². The average molecular weight is 218 g/mol. The molecule has 6 nitrogen and oxygen atoms in total. The molecule has 2 unspecified atom stereocenters. The van der Waals surface area contributed by atoms with Crippen molar-refractivity contribution in [3.63, 3.8) is 0 Å². The van der Waals surface area contributed by atoms with Crippen molar-refractivity contribution >= 4 is 11.9 Å². The minimum Gasteiger partial charge on any atom is -0.481 e. The second-order valence-electron chi connectivity index (χ2n) is 3.66. The summed E-state index contributed by atoms with van der Waals surface area (Å²) in [6, 6.07) is 0. The van der Waals surface area contributed by atoms with E-state index in [1.54, 1.807) is 0 Å². The highest BCUT2D eigenvalue weighted by molar-refractivity contribution is 5.84. The van der Waals surface area contributed by atoms with Gasteiger partial charge in [0, 0.05) is 6.61 Å². The van der Waals surface area contributed by atoms with Gasteiger partial charge in [-0.2, -0.15) is 0 Å². The molecule has 1 aliphatic heterocycles. The van der Waals surface area contributed by atoms with Crippen LogP contribution < -0.4 is 0 Å². The fourth-order valence-corrected chi connectivity index (χ4v) is 1.68. The largest absolute Gasteiger partial charge is 0.481 e. The van der Waals surface area contributed by atoms with Crippen LogP contribution in [-0.2, 0) is 14.3 Å². The molecule has 0 aromatic carbocycles. The van der Waals surface area contributed by atoms with Crippen LogP contribution in [-0.4, -0.2) is 45.6 Å². The molecule has 0 bridgehead atoms. The molecule has 0 aromatic rings. The highest BCUT2D eigenvalue weighted by Crippen LogP contribution is 2.26. The van der Waals surface area contributed by atoms with Crippen LogP contribution in [0.15, 0.2) is 0 Å². The van der Waals surface area contributed by atoms with Gasteiger partial charge >= 0.3 is 11.9 Å². The first-order valence-corrected chi connectivity index (χ1v) is 4.76. The van der Waals surface area contributed by atoms with Gasteiger partial charge in [0.15, 0.2) is 5.60 Å². The molecule has 0 aromatic heterocycles. The van der Waals surface area contributed by atoms with E-state index in [1.807, 2.05) is 0 Å². The summed E-state index contributed by atoms with van der Waals surface area (Å²) in [7, 11) is 0. The van der Waals surface area contributed by atoms with Gasteiger partial charge in [0.2, 0.25) is 0 Å². The fraction of sp³-hybridized carbons (Fsp3) is 0.778. The quantitative estimate of drug-likeness (QED) is 0.606. The molecule has 15 heavy (non-hydrogen) atoms. The first kappa shape index (κ1) is 11.9. The molecule has 0 saturated carbocycles. The zero-order valence-electron chi connectivity index (χ0n) is 8.18. The Morgan fingerprint density at radius 2 is 2.00 bits per heavy atom. The zero-order chi connectivity index (χ0) is 11.5. The van der Waals surface area contributed by atoms with E-state index in [2.05, 4.69) is 0 Å². The molecule has 6 heteroatoms. The lowest BCUT2D eigenvalue weighted by molar-refractivity contribution is -0.188. The summed E-state index contributed by atoms with van der Waals surface area (Å²) in [5, 5.41) is 27.2. The van der Waals surface area contributed by atoms with Crippen LogP contribution in [0.3, 0.4) is 0 Å². The highest BCUT2D eigenvalue weighted by Gasteiger charge is 2.47. The van der Waals surface area contributed by atoms with Gasteiger partial charge in [-0.05, 0) is 19.3 Å². The number of aliphatic carboxylic acids is 2. The lowest BCUT2D eigenvalue weighted by Gasteiger charge is -2.33. The van der Waals surface area contributed by atoms with E-state index in [-0.39, 0.29) is 0 Å². The maximum absolute atomic E-state index is 10.9. The Kier molecular flexibility index (Phi) is 3.65. The maximum atomic E-state index is 10.9. The Morgan fingerprint density at radius 3 is 2.40 bits per heavy atom. The Balaban J connectivity index is 2.78. The number of ether oxygens (including phenoxy) is 1. The Bertz CT molecular complexity index is 257. The summed E-state index contributed by atoms with van der Waals surface area (Å²) in [4.78, 5) is 21.3. The minimum atomic E-state index is -2.31. The van der Waals surface area contributed by atoms with E-state index in [1.165, 1.54) is 0 Å². The molecule has 0 aliphatic carbocycles. The summed E-state index contributed by atoms with van der Waals surface area (Å²) < 4.78 is 5.11. The van der Waals surface area contributed by atoms with Crippen LogP contribution in [0.4, 0.5) is 0 Å². The third-order valence-electron chi connectivity index (χ3n) is 2.50. The topological polar surface area (TPSA) is 104 Å². The predicted molar refractivity (Wildman–Crippen MR) is 48.4 cm³/mol. The first-order valence-electron chi connectivity index (χ1n) is 4.76. The molecule has 0 amide bonds. The predicted octanol–water partition coefficient (Wildman–Crippen LogP) is -0.154. The normalized spacial score (nSPS) is 25.5. The van der Waals surface area contributed by atoms with E-state index in [0.29, 0.717) is 13.0 Å². The molecule has 0 radical (unpaired) electrons. The number of hydrogen-bond donors (Lipinski definition) is 3. The van der Waals surface area contributed by atoms with Gasteiger partial charge in [-0.1, -0.05) is 0 Å². The van der Waals surface area contributed by atoms with Crippen molar-refractivity contribution in [1.82, 2.24) is 0 Å². The van der Waals surface area contributed by atoms with Gasteiger partial charge in [-0.15, -0.1) is 0 Å². The van der Waals surface area contributed by atoms with Gasteiger partial charge in [0.05, 0.1) is 12.5 Å². The maximum Gasteiger partial charge on any atom is 0.339 e. The summed E-state index contributed by atoms with van der Waals surface area (Å²) >= 11 is 0. The monoisotopic (exact) mass is 218 g/mol. The number of aliphatic hydroxyl groups is 1. The summed E-state index contributed by atoms with van der Waals surface area (Å²) in [6.07, 6.45) is 0.141. The molecule has 1 heterocycles. The van der Waals surface area contributed by atoms with Crippen molar-refractivity contribution in [2.75, 3.05) is 6.61 Å². The standard InChI is InChI=1S/C9H14O6/c10-7(11)5-9(14,8(12)13)6-3-1-2-4-15-6/h6,14H,1-5H2,(H,10,11)(H,12,13). The molecular formula is C9H14O6. The van der Waals surface area contributed by atoms with Crippen molar-refractivity contribution in [1.29, 1.82) is 0 Å². The highest BCUT2D eigenvalue weighted by atomic mass is 16.5. The SMILES string of the molecule is O=C(O)CC(O)(C(=O)O)C1CCCCO1. The lowest BCUT2D eigenvalue weighted by Crippen LogP contribution is -2.53. The van der Waals surface area contributed by atoms with Crippen LogP contribution in [0.1, 0.15) is 25.7 Å². The van der Waals surface area contributed by atoms with E-state index >= 15 is 0 Å². The van der Waals surface area contributed by atoms with Gasteiger partial charge in [-0.3, -0.25) is 4.79 Å². The van der Waals surface area contributed by atoms with E-state index in [4.69, 9.17) is 14.9 Å². The number of rotatable bonds is 4. The van der Waals surface area contributed by atoms with Gasteiger partial charge in [0.25, 0.3) is 0 Å².